The molecule has 0 fully saturated rings. The second-order valence-electron chi connectivity index (χ2n) is 4.99. The largest absolute Gasteiger partial charge is 0.367 e. The molecular formula is C13H23N3O. The van der Waals surface area contributed by atoms with Gasteiger partial charge in [0.15, 0.2) is 0 Å². The Kier molecular flexibility index (Phi) is 4.73. The number of aromatic nitrogens is 2. The van der Waals surface area contributed by atoms with Gasteiger partial charge in [0.2, 0.25) is 0 Å². The first kappa shape index (κ1) is 13.7. The lowest BCUT2D eigenvalue weighted by atomic mass is 10.0. The second-order valence-corrected chi connectivity index (χ2v) is 4.99. The van der Waals surface area contributed by atoms with Crippen molar-refractivity contribution in [3.8, 4) is 0 Å². The van der Waals surface area contributed by atoms with Crippen LogP contribution >= 0.6 is 0 Å². The van der Waals surface area contributed by atoms with Crippen molar-refractivity contribution in [1.82, 2.24) is 9.97 Å². The molecule has 1 heterocycles. The molecule has 0 saturated heterocycles. The van der Waals surface area contributed by atoms with Gasteiger partial charge in [-0.15, -0.1) is 0 Å². The van der Waals surface area contributed by atoms with Crippen LogP contribution in [0.1, 0.15) is 52.8 Å². The minimum atomic E-state index is -0.0949. The summed E-state index contributed by atoms with van der Waals surface area (Å²) >= 11 is 0. The van der Waals surface area contributed by atoms with Gasteiger partial charge in [-0.2, -0.15) is 0 Å². The van der Waals surface area contributed by atoms with Crippen molar-refractivity contribution >= 4 is 5.82 Å². The molecule has 1 aromatic rings. The van der Waals surface area contributed by atoms with Crippen molar-refractivity contribution in [3.63, 3.8) is 0 Å². The number of hydrogen-bond acceptors (Lipinski definition) is 3. The Morgan fingerprint density at radius 2 is 2.00 bits per heavy atom. The number of rotatable bonds is 5. The zero-order chi connectivity index (χ0) is 13.0. The Balaban J connectivity index is 2.88. The summed E-state index contributed by atoms with van der Waals surface area (Å²) in [6.45, 7) is 10.5. The van der Waals surface area contributed by atoms with Gasteiger partial charge in [-0.25, -0.2) is 4.98 Å². The Bertz CT molecular complexity index is 411. The van der Waals surface area contributed by atoms with Crippen LogP contribution in [0.3, 0.4) is 0 Å². The topological polar surface area (TPSA) is 57.8 Å². The monoisotopic (exact) mass is 237 g/mol. The molecule has 0 amide bonds. The lowest BCUT2D eigenvalue weighted by molar-refractivity contribution is 0.493. The minimum absolute atomic E-state index is 0.0949. The zero-order valence-corrected chi connectivity index (χ0v) is 11.4. The van der Waals surface area contributed by atoms with E-state index in [2.05, 4.69) is 36.1 Å². The van der Waals surface area contributed by atoms with E-state index in [4.69, 9.17) is 0 Å². The molecule has 96 valence electrons. The van der Waals surface area contributed by atoms with E-state index in [0.29, 0.717) is 17.8 Å². The Hall–Kier alpha value is -1.32. The summed E-state index contributed by atoms with van der Waals surface area (Å²) in [4.78, 5) is 18.7. The Morgan fingerprint density at radius 1 is 1.35 bits per heavy atom. The summed E-state index contributed by atoms with van der Waals surface area (Å²) in [6.07, 6.45) is 1.11. The molecule has 2 unspecified atom stereocenters. The molecule has 0 saturated carbocycles. The smallest absolute Gasteiger partial charge is 0.252 e. The van der Waals surface area contributed by atoms with Gasteiger partial charge < -0.3 is 10.3 Å². The van der Waals surface area contributed by atoms with Crippen molar-refractivity contribution in [3.05, 3.63) is 22.2 Å². The number of H-pyrrole nitrogens is 1. The number of nitrogens with zero attached hydrogens (tertiary/aromatic N) is 1. The Labute approximate surface area is 103 Å². The Morgan fingerprint density at radius 3 is 2.53 bits per heavy atom. The minimum Gasteiger partial charge on any atom is -0.367 e. The second kappa shape index (κ2) is 5.84. The van der Waals surface area contributed by atoms with Crippen LogP contribution in [0.25, 0.3) is 0 Å². The van der Waals surface area contributed by atoms with E-state index in [1.165, 1.54) is 6.07 Å². The van der Waals surface area contributed by atoms with Crippen LogP contribution in [-0.4, -0.2) is 16.0 Å². The fraction of sp³-hybridized carbons (Fsp3) is 0.692. The summed E-state index contributed by atoms with van der Waals surface area (Å²) < 4.78 is 0. The van der Waals surface area contributed by atoms with Crippen molar-refractivity contribution in [2.75, 3.05) is 5.32 Å². The van der Waals surface area contributed by atoms with E-state index < -0.39 is 0 Å². The molecule has 0 aliphatic heterocycles. The molecule has 1 rings (SSSR count). The highest BCUT2D eigenvalue weighted by Gasteiger charge is 2.12. The summed E-state index contributed by atoms with van der Waals surface area (Å²) in [7, 11) is 0. The summed E-state index contributed by atoms with van der Waals surface area (Å²) in [5, 5.41) is 3.30. The first-order valence-corrected chi connectivity index (χ1v) is 6.31. The molecule has 2 N–H and O–H groups in total. The van der Waals surface area contributed by atoms with E-state index in [1.807, 2.05) is 13.8 Å². The third kappa shape index (κ3) is 3.88. The van der Waals surface area contributed by atoms with Crippen LogP contribution in [-0.2, 0) is 0 Å². The quantitative estimate of drug-likeness (QED) is 0.828. The maximum absolute atomic E-state index is 11.5. The van der Waals surface area contributed by atoms with Gasteiger partial charge in [0.25, 0.3) is 5.56 Å². The van der Waals surface area contributed by atoms with Crippen LogP contribution in [0.5, 0.6) is 0 Å². The van der Waals surface area contributed by atoms with Gasteiger partial charge in [0.05, 0.1) is 0 Å². The number of hydrogen-bond donors (Lipinski definition) is 2. The highest BCUT2D eigenvalue weighted by atomic mass is 16.1. The predicted molar refractivity (Wildman–Crippen MR) is 71.5 cm³/mol. The van der Waals surface area contributed by atoms with Crippen LogP contribution in [0.15, 0.2) is 10.9 Å². The average molecular weight is 237 g/mol. The van der Waals surface area contributed by atoms with Gasteiger partial charge in [-0.3, -0.25) is 4.79 Å². The van der Waals surface area contributed by atoms with E-state index >= 15 is 0 Å². The van der Waals surface area contributed by atoms with Crippen LogP contribution in [0.2, 0.25) is 0 Å². The molecule has 0 radical (unpaired) electrons. The molecule has 1 aromatic heterocycles. The molecule has 2 atom stereocenters. The maximum Gasteiger partial charge on any atom is 0.252 e. The molecule has 0 aliphatic carbocycles. The first-order valence-electron chi connectivity index (χ1n) is 6.31. The van der Waals surface area contributed by atoms with Gasteiger partial charge in [0, 0.05) is 18.0 Å². The van der Waals surface area contributed by atoms with Gasteiger partial charge in [0.1, 0.15) is 11.6 Å². The highest BCUT2D eigenvalue weighted by molar-refractivity contribution is 5.34. The lowest BCUT2D eigenvalue weighted by Crippen LogP contribution is -2.25. The van der Waals surface area contributed by atoms with Crippen molar-refractivity contribution in [2.45, 2.75) is 53.0 Å². The third-order valence-corrected chi connectivity index (χ3v) is 3.18. The predicted octanol–water partition coefficient (Wildman–Crippen LogP) is 2.74. The SMILES string of the molecule is CCC(C)C(C)Nc1cc(=O)[nH]c(C(C)C)n1. The fourth-order valence-corrected chi connectivity index (χ4v) is 1.55. The summed E-state index contributed by atoms with van der Waals surface area (Å²) in [6, 6.07) is 1.83. The molecule has 4 nitrogen and oxygen atoms in total. The van der Waals surface area contributed by atoms with Crippen LogP contribution < -0.4 is 10.9 Å². The maximum atomic E-state index is 11.5. The highest BCUT2D eigenvalue weighted by Crippen LogP contribution is 2.14. The molecule has 4 heteroatoms. The van der Waals surface area contributed by atoms with Crippen molar-refractivity contribution in [1.29, 1.82) is 0 Å². The van der Waals surface area contributed by atoms with Crippen molar-refractivity contribution < 1.29 is 0 Å². The zero-order valence-electron chi connectivity index (χ0n) is 11.4. The lowest BCUT2D eigenvalue weighted by Gasteiger charge is -2.20. The average Bonchev–Trinajstić information content (AvgIpc) is 2.26. The molecule has 0 bridgehead atoms. The van der Waals surface area contributed by atoms with E-state index in [9.17, 15) is 4.79 Å². The van der Waals surface area contributed by atoms with E-state index in [-0.39, 0.29) is 11.5 Å². The standard InChI is InChI=1S/C13H23N3O/c1-6-9(4)10(5)14-11-7-12(17)16-13(15-11)8(2)3/h7-10H,6H2,1-5H3,(H2,14,15,16,17). The summed E-state index contributed by atoms with van der Waals surface area (Å²) in [5.74, 6) is 2.18. The first-order chi connectivity index (χ1) is 7.93. The molecule has 0 aromatic carbocycles. The van der Waals surface area contributed by atoms with Crippen LogP contribution in [0, 0.1) is 5.92 Å². The van der Waals surface area contributed by atoms with Gasteiger partial charge in [-0.05, 0) is 12.8 Å². The number of aromatic amines is 1. The molecular weight excluding hydrogens is 214 g/mol. The number of nitrogens with one attached hydrogen (secondary N) is 2. The van der Waals surface area contributed by atoms with Gasteiger partial charge >= 0.3 is 0 Å². The molecule has 0 spiro atoms. The van der Waals surface area contributed by atoms with E-state index in [1.54, 1.807) is 0 Å². The normalized spacial score (nSPS) is 14.7. The third-order valence-electron chi connectivity index (χ3n) is 3.18. The molecule has 0 aliphatic rings. The fourth-order valence-electron chi connectivity index (χ4n) is 1.55. The van der Waals surface area contributed by atoms with Gasteiger partial charge in [-0.1, -0.05) is 34.1 Å². The number of anilines is 1. The van der Waals surface area contributed by atoms with Crippen LogP contribution in [0.4, 0.5) is 5.82 Å². The summed E-state index contributed by atoms with van der Waals surface area (Å²) in [5.41, 5.74) is -0.0949. The van der Waals surface area contributed by atoms with Crippen molar-refractivity contribution in [2.24, 2.45) is 5.92 Å². The van der Waals surface area contributed by atoms with E-state index in [0.717, 1.165) is 12.2 Å². The molecule has 17 heavy (non-hydrogen) atoms.